The van der Waals surface area contributed by atoms with E-state index in [1.807, 2.05) is 13.0 Å². The quantitative estimate of drug-likeness (QED) is 0.512. The number of aryl methyl sites for hydroxylation is 1. The third-order valence-corrected chi connectivity index (χ3v) is 6.44. The number of amides is 1. The standard InChI is InChI=1S/C25H28N6O2/c1-3-30-23-16-19(6-9-21(23)31-22(25(30)33)10-11-27-31)24(32)26-17-18-4-7-20(8-5-18)29-14-12-28(2)13-15-29/h4-11,16H,3,12-15,17H2,1-2H3,(H,26,32). The van der Waals surface area contributed by atoms with E-state index < -0.39 is 0 Å². The van der Waals surface area contributed by atoms with Crippen molar-refractivity contribution >= 4 is 28.1 Å². The Morgan fingerprint density at radius 2 is 1.73 bits per heavy atom. The van der Waals surface area contributed by atoms with Gasteiger partial charge in [0, 0.05) is 50.5 Å². The molecule has 0 radical (unpaired) electrons. The Hall–Kier alpha value is -3.65. The number of nitrogens with one attached hydrogen (secondary N) is 1. The van der Waals surface area contributed by atoms with E-state index in [0.717, 1.165) is 37.3 Å². The van der Waals surface area contributed by atoms with Crippen LogP contribution in [0.15, 0.2) is 59.5 Å². The molecule has 33 heavy (non-hydrogen) atoms. The second-order valence-corrected chi connectivity index (χ2v) is 8.52. The van der Waals surface area contributed by atoms with Crippen LogP contribution in [-0.4, -0.2) is 58.2 Å². The van der Waals surface area contributed by atoms with Gasteiger partial charge in [-0.25, -0.2) is 4.52 Å². The van der Waals surface area contributed by atoms with Gasteiger partial charge in [-0.05, 0) is 55.9 Å². The molecule has 0 unspecified atom stereocenters. The van der Waals surface area contributed by atoms with Crippen molar-refractivity contribution < 1.29 is 4.79 Å². The zero-order valence-corrected chi connectivity index (χ0v) is 19.0. The van der Waals surface area contributed by atoms with E-state index in [-0.39, 0.29) is 11.5 Å². The van der Waals surface area contributed by atoms with Crippen LogP contribution in [0.2, 0.25) is 0 Å². The molecule has 4 aromatic rings. The van der Waals surface area contributed by atoms with Crippen molar-refractivity contribution in [3.05, 3.63) is 76.2 Å². The first-order chi connectivity index (χ1) is 16.0. The maximum Gasteiger partial charge on any atom is 0.277 e. The molecule has 5 rings (SSSR count). The van der Waals surface area contributed by atoms with Gasteiger partial charge < -0.3 is 19.7 Å². The number of fused-ring (bicyclic) bond motifs is 3. The fourth-order valence-corrected chi connectivity index (χ4v) is 4.45. The van der Waals surface area contributed by atoms with Gasteiger partial charge in [0.2, 0.25) is 0 Å². The molecule has 0 bridgehead atoms. The average Bonchev–Trinajstić information content (AvgIpc) is 3.34. The van der Waals surface area contributed by atoms with Crippen molar-refractivity contribution in [1.29, 1.82) is 0 Å². The number of likely N-dealkylation sites (N-methyl/N-ethyl adjacent to an activating group) is 1. The highest BCUT2D eigenvalue weighted by Crippen LogP contribution is 2.18. The topological polar surface area (TPSA) is 74.9 Å². The molecule has 0 aliphatic carbocycles. The second kappa shape index (κ2) is 8.71. The van der Waals surface area contributed by atoms with E-state index in [9.17, 15) is 9.59 Å². The van der Waals surface area contributed by atoms with Crippen LogP contribution in [0.25, 0.3) is 16.6 Å². The molecule has 1 aliphatic heterocycles. The number of rotatable bonds is 5. The van der Waals surface area contributed by atoms with Crippen molar-refractivity contribution in [3.8, 4) is 0 Å². The molecule has 0 atom stereocenters. The second-order valence-electron chi connectivity index (χ2n) is 8.52. The highest BCUT2D eigenvalue weighted by Gasteiger charge is 2.15. The van der Waals surface area contributed by atoms with Crippen LogP contribution in [0, 0.1) is 0 Å². The number of carbonyl (C=O) groups is 1. The summed E-state index contributed by atoms with van der Waals surface area (Å²) in [4.78, 5) is 30.4. The lowest BCUT2D eigenvalue weighted by molar-refractivity contribution is 0.0951. The minimum Gasteiger partial charge on any atom is -0.369 e. The zero-order valence-electron chi connectivity index (χ0n) is 19.0. The van der Waals surface area contributed by atoms with Gasteiger partial charge in [0.1, 0.15) is 5.52 Å². The molecular formula is C25H28N6O2. The number of anilines is 1. The molecule has 1 fully saturated rings. The fraction of sp³-hybridized carbons (Fsp3) is 0.320. The molecule has 0 spiro atoms. The minimum atomic E-state index is -0.171. The molecule has 1 amide bonds. The number of piperazine rings is 1. The molecule has 170 valence electrons. The van der Waals surface area contributed by atoms with Crippen LogP contribution in [0.5, 0.6) is 0 Å². The summed E-state index contributed by atoms with van der Waals surface area (Å²) in [7, 11) is 2.15. The zero-order chi connectivity index (χ0) is 22.9. The molecule has 1 saturated heterocycles. The lowest BCUT2D eigenvalue weighted by Crippen LogP contribution is -2.44. The summed E-state index contributed by atoms with van der Waals surface area (Å²) >= 11 is 0. The van der Waals surface area contributed by atoms with E-state index in [0.29, 0.717) is 29.7 Å². The molecule has 1 N–H and O–H groups in total. The molecule has 8 nitrogen and oxygen atoms in total. The van der Waals surface area contributed by atoms with Gasteiger partial charge in [-0.3, -0.25) is 9.59 Å². The Balaban J connectivity index is 1.32. The third kappa shape index (κ3) is 3.98. The van der Waals surface area contributed by atoms with Crippen molar-refractivity contribution in [2.24, 2.45) is 0 Å². The predicted molar refractivity (Wildman–Crippen MR) is 130 cm³/mol. The van der Waals surface area contributed by atoms with Crippen molar-refractivity contribution in [1.82, 2.24) is 24.4 Å². The number of hydrogen-bond donors (Lipinski definition) is 1. The van der Waals surface area contributed by atoms with E-state index >= 15 is 0 Å². The normalized spacial score (nSPS) is 14.8. The Labute approximate surface area is 192 Å². The molecule has 1 aliphatic rings. The van der Waals surface area contributed by atoms with Gasteiger partial charge in [-0.2, -0.15) is 5.10 Å². The first kappa shape index (κ1) is 21.2. The van der Waals surface area contributed by atoms with E-state index in [2.05, 4.69) is 51.5 Å². The van der Waals surface area contributed by atoms with Crippen LogP contribution in [0.3, 0.4) is 0 Å². The Bertz CT molecular complexity index is 1360. The number of carbonyl (C=O) groups excluding carboxylic acids is 1. The third-order valence-electron chi connectivity index (χ3n) is 6.44. The van der Waals surface area contributed by atoms with Crippen LogP contribution in [0.4, 0.5) is 5.69 Å². The van der Waals surface area contributed by atoms with E-state index in [1.54, 1.807) is 33.5 Å². The summed E-state index contributed by atoms with van der Waals surface area (Å²) in [6.45, 7) is 7.08. The molecule has 2 aromatic heterocycles. The van der Waals surface area contributed by atoms with Crippen LogP contribution in [0.1, 0.15) is 22.8 Å². The summed E-state index contributed by atoms with van der Waals surface area (Å²) in [5, 5.41) is 7.28. The summed E-state index contributed by atoms with van der Waals surface area (Å²) < 4.78 is 3.31. The summed E-state index contributed by atoms with van der Waals surface area (Å²) in [6.07, 6.45) is 1.62. The smallest absolute Gasteiger partial charge is 0.277 e. The number of hydrogen-bond acceptors (Lipinski definition) is 5. The van der Waals surface area contributed by atoms with E-state index in [4.69, 9.17) is 0 Å². The van der Waals surface area contributed by atoms with E-state index in [1.165, 1.54) is 5.69 Å². The highest BCUT2D eigenvalue weighted by molar-refractivity contribution is 5.97. The van der Waals surface area contributed by atoms with Gasteiger partial charge in [0.25, 0.3) is 11.5 Å². The maximum atomic E-state index is 12.9. The number of nitrogens with zero attached hydrogens (tertiary/aromatic N) is 5. The fourth-order valence-electron chi connectivity index (χ4n) is 4.45. The Morgan fingerprint density at radius 3 is 2.45 bits per heavy atom. The minimum absolute atomic E-state index is 0.111. The summed E-state index contributed by atoms with van der Waals surface area (Å²) in [5.41, 5.74) is 4.70. The molecule has 0 saturated carbocycles. The SMILES string of the molecule is CCn1c(=O)c2ccnn2c2ccc(C(=O)NCc3ccc(N4CCN(C)CC4)cc3)cc21. The van der Waals surface area contributed by atoms with Gasteiger partial charge in [-0.15, -0.1) is 0 Å². The lowest BCUT2D eigenvalue weighted by Gasteiger charge is -2.34. The van der Waals surface area contributed by atoms with Crippen LogP contribution in [-0.2, 0) is 13.1 Å². The van der Waals surface area contributed by atoms with Crippen LogP contribution >= 0.6 is 0 Å². The largest absolute Gasteiger partial charge is 0.369 e. The summed E-state index contributed by atoms with van der Waals surface area (Å²) in [6, 6.07) is 15.5. The van der Waals surface area contributed by atoms with Crippen molar-refractivity contribution in [3.63, 3.8) is 0 Å². The van der Waals surface area contributed by atoms with Gasteiger partial charge in [0.15, 0.2) is 0 Å². The first-order valence-electron chi connectivity index (χ1n) is 11.4. The Morgan fingerprint density at radius 1 is 0.970 bits per heavy atom. The number of benzene rings is 2. The molecule has 2 aromatic carbocycles. The maximum absolute atomic E-state index is 12.9. The van der Waals surface area contributed by atoms with Crippen LogP contribution < -0.4 is 15.8 Å². The van der Waals surface area contributed by atoms with Crippen molar-refractivity contribution in [2.75, 3.05) is 38.1 Å². The molecule has 8 heteroatoms. The number of aromatic nitrogens is 3. The monoisotopic (exact) mass is 444 g/mol. The highest BCUT2D eigenvalue weighted by atomic mass is 16.1. The lowest BCUT2D eigenvalue weighted by atomic mass is 10.1. The molecular weight excluding hydrogens is 416 g/mol. The van der Waals surface area contributed by atoms with Crippen molar-refractivity contribution in [2.45, 2.75) is 20.0 Å². The first-order valence-corrected chi connectivity index (χ1v) is 11.4. The average molecular weight is 445 g/mol. The van der Waals surface area contributed by atoms with Gasteiger partial charge in [0.05, 0.1) is 17.2 Å². The molecule has 3 heterocycles. The Kier molecular flexibility index (Phi) is 5.60. The van der Waals surface area contributed by atoms with Gasteiger partial charge in [-0.1, -0.05) is 12.1 Å². The summed E-state index contributed by atoms with van der Waals surface area (Å²) in [5.74, 6) is -0.171. The van der Waals surface area contributed by atoms with Gasteiger partial charge >= 0.3 is 0 Å². The predicted octanol–water partition coefficient (Wildman–Crippen LogP) is 2.35.